The number of imidazole rings is 1. The zero-order chi connectivity index (χ0) is 18.9. The Balaban J connectivity index is 1.48. The number of fused-ring (bicyclic) bond motifs is 1. The van der Waals surface area contributed by atoms with Crippen molar-refractivity contribution in [2.75, 3.05) is 5.32 Å². The minimum Gasteiger partial charge on any atom is -0.449 e. The average molecular weight is 363 g/mol. The van der Waals surface area contributed by atoms with E-state index in [1.807, 2.05) is 54.9 Å². The molecule has 1 atom stereocenters. The van der Waals surface area contributed by atoms with Crippen LogP contribution >= 0.6 is 0 Å². The molecule has 3 aromatic rings. The van der Waals surface area contributed by atoms with Crippen molar-refractivity contribution >= 4 is 11.6 Å². The first-order chi connectivity index (χ1) is 13.0. The highest BCUT2D eigenvalue weighted by molar-refractivity contribution is 6.04. The number of carbonyl (C=O) groups excluding carboxylic acids is 1. The summed E-state index contributed by atoms with van der Waals surface area (Å²) in [6.07, 6.45) is 6.11. The van der Waals surface area contributed by atoms with Gasteiger partial charge in [-0.15, -0.1) is 0 Å². The van der Waals surface area contributed by atoms with E-state index in [0.29, 0.717) is 29.3 Å². The highest BCUT2D eigenvalue weighted by atomic mass is 16.7. The van der Waals surface area contributed by atoms with Gasteiger partial charge in [-0.2, -0.15) is 0 Å². The van der Waals surface area contributed by atoms with Crippen LogP contribution in [0.4, 0.5) is 5.69 Å². The molecule has 0 radical (unpaired) electrons. The van der Waals surface area contributed by atoms with Gasteiger partial charge >= 0.3 is 0 Å². The molecular formula is C21H21N3O3. The zero-order valence-corrected chi connectivity index (χ0v) is 15.3. The smallest absolute Gasteiger partial charge is 0.255 e. The molecule has 6 nitrogen and oxygen atoms in total. The first-order valence-corrected chi connectivity index (χ1v) is 8.93. The Morgan fingerprint density at radius 2 is 2.04 bits per heavy atom. The molecule has 6 heteroatoms. The third kappa shape index (κ3) is 3.65. The van der Waals surface area contributed by atoms with Gasteiger partial charge in [-0.3, -0.25) is 4.79 Å². The van der Waals surface area contributed by atoms with Crippen molar-refractivity contribution in [1.29, 1.82) is 0 Å². The Morgan fingerprint density at radius 3 is 2.81 bits per heavy atom. The summed E-state index contributed by atoms with van der Waals surface area (Å²) in [5.74, 6) is 0.525. The Labute approximate surface area is 157 Å². The quantitative estimate of drug-likeness (QED) is 0.742. The standard InChI is InChI=1S/C21H21N3O3/c1-3-21(2)26-18-8-7-17(12-19(18)27-21)23-20(25)16-6-4-5-15(11-16)13-24-10-9-22-14-24/h4-12,14H,3,13H2,1-2H3,(H,23,25)/t21-/m1/s1. The molecule has 0 aliphatic carbocycles. The summed E-state index contributed by atoms with van der Waals surface area (Å²) in [4.78, 5) is 16.7. The van der Waals surface area contributed by atoms with E-state index in [0.717, 1.165) is 12.0 Å². The Bertz CT molecular complexity index is 969. The van der Waals surface area contributed by atoms with Gasteiger partial charge in [-0.05, 0) is 29.8 Å². The second kappa shape index (κ2) is 6.79. The predicted molar refractivity (Wildman–Crippen MR) is 102 cm³/mol. The molecule has 1 aromatic heterocycles. The van der Waals surface area contributed by atoms with Crippen LogP contribution < -0.4 is 14.8 Å². The van der Waals surface area contributed by atoms with E-state index in [-0.39, 0.29) is 5.91 Å². The number of nitrogens with zero attached hydrogens (tertiary/aromatic N) is 2. The van der Waals surface area contributed by atoms with Crippen LogP contribution in [0, 0.1) is 0 Å². The monoisotopic (exact) mass is 363 g/mol. The van der Waals surface area contributed by atoms with Crippen molar-refractivity contribution in [3.63, 3.8) is 0 Å². The summed E-state index contributed by atoms with van der Waals surface area (Å²) in [6, 6.07) is 13.0. The van der Waals surface area contributed by atoms with Crippen LogP contribution in [0.2, 0.25) is 0 Å². The molecule has 27 heavy (non-hydrogen) atoms. The van der Waals surface area contributed by atoms with Crippen molar-refractivity contribution in [3.8, 4) is 11.5 Å². The summed E-state index contributed by atoms with van der Waals surface area (Å²) in [7, 11) is 0. The van der Waals surface area contributed by atoms with E-state index in [1.54, 1.807) is 24.7 Å². The van der Waals surface area contributed by atoms with Gasteiger partial charge in [0.05, 0.1) is 6.33 Å². The molecule has 1 aliphatic heterocycles. The number of hydrogen-bond acceptors (Lipinski definition) is 4. The fourth-order valence-corrected chi connectivity index (χ4v) is 2.99. The normalized spacial score (nSPS) is 17.7. The maximum atomic E-state index is 12.7. The van der Waals surface area contributed by atoms with Crippen LogP contribution in [0.15, 0.2) is 61.2 Å². The maximum absolute atomic E-state index is 12.7. The average Bonchev–Trinajstić information content (AvgIpc) is 3.29. The number of benzene rings is 2. The SMILES string of the molecule is CC[C@]1(C)Oc2ccc(NC(=O)c3cccc(Cn4ccnc4)c3)cc2O1. The van der Waals surface area contributed by atoms with Gasteiger partial charge in [0.2, 0.25) is 5.79 Å². The van der Waals surface area contributed by atoms with Gasteiger partial charge in [0.1, 0.15) is 0 Å². The molecule has 0 bridgehead atoms. The van der Waals surface area contributed by atoms with Crippen LogP contribution in [0.25, 0.3) is 0 Å². The summed E-state index contributed by atoms with van der Waals surface area (Å²) in [6.45, 7) is 4.57. The van der Waals surface area contributed by atoms with Crippen LogP contribution in [-0.2, 0) is 6.54 Å². The van der Waals surface area contributed by atoms with Crippen molar-refractivity contribution in [2.45, 2.75) is 32.6 Å². The molecule has 0 saturated heterocycles. The molecular weight excluding hydrogens is 342 g/mol. The maximum Gasteiger partial charge on any atom is 0.255 e. The van der Waals surface area contributed by atoms with E-state index in [9.17, 15) is 4.79 Å². The number of carbonyl (C=O) groups is 1. The van der Waals surface area contributed by atoms with E-state index in [1.165, 1.54) is 0 Å². The highest BCUT2D eigenvalue weighted by Crippen LogP contribution is 2.42. The molecule has 138 valence electrons. The number of ether oxygens (including phenoxy) is 2. The number of nitrogens with one attached hydrogen (secondary N) is 1. The minimum atomic E-state index is -0.646. The van der Waals surface area contributed by atoms with Gasteiger partial charge in [-0.1, -0.05) is 19.1 Å². The van der Waals surface area contributed by atoms with Crippen molar-refractivity contribution in [1.82, 2.24) is 9.55 Å². The molecule has 2 heterocycles. The predicted octanol–water partition coefficient (Wildman–Crippen LogP) is 4.08. The highest BCUT2D eigenvalue weighted by Gasteiger charge is 2.35. The van der Waals surface area contributed by atoms with E-state index >= 15 is 0 Å². The second-order valence-electron chi connectivity index (χ2n) is 6.74. The first kappa shape index (κ1) is 17.1. The summed E-state index contributed by atoms with van der Waals surface area (Å²) in [5.41, 5.74) is 2.30. The first-order valence-electron chi connectivity index (χ1n) is 8.93. The minimum absolute atomic E-state index is 0.167. The second-order valence-corrected chi connectivity index (χ2v) is 6.74. The fraction of sp³-hybridized carbons (Fsp3) is 0.238. The zero-order valence-electron chi connectivity index (χ0n) is 15.3. The molecule has 0 spiro atoms. The van der Waals surface area contributed by atoms with E-state index in [2.05, 4.69) is 10.3 Å². The van der Waals surface area contributed by atoms with Crippen LogP contribution in [-0.4, -0.2) is 21.2 Å². The lowest BCUT2D eigenvalue weighted by atomic mass is 10.1. The van der Waals surface area contributed by atoms with Crippen LogP contribution in [0.3, 0.4) is 0 Å². The summed E-state index contributed by atoms with van der Waals surface area (Å²) < 4.78 is 13.6. The van der Waals surface area contributed by atoms with Crippen molar-refractivity contribution in [3.05, 3.63) is 72.3 Å². The molecule has 0 unspecified atom stereocenters. The van der Waals surface area contributed by atoms with Gasteiger partial charge in [0, 0.05) is 49.6 Å². The van der Waals surface area contributed by atoms with Gasteiger partial charge in [0.25, 0.3) is 5.91 Å². The van der Waals surface area contributed by atoms with Gasteiger partial charge in [0.15, 0.2) is 11.5 Å². The summed E-state index contributed by atoms with van der Waals surface area (Å²) in [5, 5.41) is 2.93. The molecule has 1 amide bonds. The Hall–Kier alpha value is -3.28. The largest absolute Gasteiger partial charge is 0.449 e. The number of anilines is 1. The Kier molecular flexibility index (Phi) is 4.32. The topological polar surface area (TPSA) is 65.4 Å². The van der Waals surface area contributed by atoms with Gasteiger partial charge in [-0.25, -0.2) is 4.98 Å². The van der Waals surface area contributed by atoms with Crippen molar-refractivity contribution < 1.29 is 14.3 Å². The van der Waals surface area contributed by atoms with Crippen LogP contribution in [0.5, 0.6) is 11.5 Å². The third-order valence-electron chi connectivity index (χ3n) is 4.61. The fourth-order valence-electron chi connectivity index (χ4n) is 2.99. The molecule has 0 fully saturated rings. The number of aromatic nitrogens is 2. The van der Waals surface area contributed by atoms with E-state index < -0.39 is 5.79 Å². The number of rotatable bonds is 5. The number of hydrogen-bond donors (Lipinski definition) is 1. The van der Waals surface area contributed by atoms with E-state index in [4.69, 9.17) is 9.47 Å². The van der Waals surface area contributed by atoms with Crippen molar-refractivity contribution in [2.24, 2.45) is 0 Å². The third-order valence-corrected chi connectivity index (χ3v) is 4.61. The molecule has 1 N–H and O–H groups in total. The number of amides is 1. The Morgan fingerprint density at radius 1 is 1.19 bits per heavy atom. The lowest BCUT2D eigenvalue weighted by molar-refractivity contribution is -0.0640. The van der Waals surface area contributed by atoms with Gasteiger partial charge < -0.3 is 19.4 Å². The molecule has 0 saturated carbocycles. The molecule has 1 aliphatic rings. The lowest BCUT2D eigenvalue weighted by Gasteiger charge is -2.20. The molecule has 2 aromatic carbocycles. The van der Waals surface area contributed by atoms with Crippen LogP contribution in [0.1, 0.15) is 36.2 Å². The summed E-state index contributed by atoms with van der Waals surface area (Å²) >= 11 is 0. The molecule has 4 rings (SSSR count). The lowest BCUT2D eigenvalue weighted by Crippen LogP contribution is -2.33.